The van der Waals surface area contributed by atoms with Gasteiger partial charge in [0.15, 0.2) is 0 Å². The summed E-state index contributed by atoms with van der Waals surface area (Å²) in [4.78, 5) is 10.5. The Bertz CT molecular complexity index is 191. The fraction of sp³-hybridized carbons (Fsp3) is 0.700. The molecule has 0 aliphatic heterocycles. The first kappa shape index (κ1) is 8.51. The maximum atomic E-state index is 10.5. The predicted octanol–water partition coefficient (Wildman–Crippen LogP) is 2.57. The molecule has 1 aliphatic rings. The van der Waals surface area contributed by atoms with E-state index in [-0.39, 0.29) is 5.92 Å². The normalized spacial score (nSPS) is 32.3. The van der Waals surface area contributed by atoms with Gasteiger partial charge in [-0.15, -0.1) is 0 Å². The minimum absolute atomic E-state index is 0.286. The molecule has 0 heterocycles. The molecule has 0 aromatic heterocycles. The second-order valence-corrected chi connectivity index (χ2v) is 3.70. The first-order valence-electron chi connectivity index (χ1n) is 4.26. The maximum Gasteiger partial charge on any atom is 0.123 e. The molecule has 0 aromatic rings. The van der Waals surface area contributed by atoms with Crippen LogP contribution in [0.25, 0.3) is 0 Å². The lowest BCUT2D eigenvalue weighted by molar-refractivity contribution is -0.111. The monoisotopic (exact) mass is 152 g/mol. The SMILES string of the molecule is CC1=C(C)C(C)CC(C=O)C1. The van der Waals surface area contributed by atoms with Crippen LogP contribution in [0.1, 0.15) is 33.6 Å². The molecule has 0 spiro atoms. The highest BCUT2D eigenvalue weighted by Crippen LogP contribution is 2.31. The van der Waals surface area contributed by atoms with Gasteiger partial charge in [-0.1, -0.05) is 18.1 Å². The van der Waals surface area contributed by atoms with E-state index in [4.69, 9.17) is 0 Å². The summed E-state index contributed by atoms with van der Waals surface area (Å²) in [7, 11) is 0. The van der Waals surface area contributed by atoms with Gasteiger partial charge in [-0.05, 0) is 32.6 Å². The molecule has 0 N–H and O–H groups in total. The van der Waals surface area contributed by atoms with Crippen molar-refractivity contribution in [1.82, 2.24) is 0 Å². The predicted molar refractivity (Wildman–Crippen MR) is 46.3 cm³/mol. The van der Waals surface area contributed by atoms with Crippen molar-refractivity contribution in [3.8, 4) is 0 Å². The Balaban J connectivity index is 2.76. The summed E-state index contributed by atoms with van der Waals surface area (Å²) >= 11 is 0. The highest BCUT2D eigenvalue weighted by molar-refractivity contribution is 5.55. The topological polar surface area (TPSA) is 17.1 Å². The largest absolute Gasteiger partial charge is 0.303 e. The molecular weight excluding hydrogens is 136 g/mol. The van der Waals surface area contributed by atoms with Gasteiger partial charge in [-0.3, -0.25) is 0 Å². The summed E-state index contributed by atoms with van der Waals surface area (Å²) < 4.78 is 0. The quantitative estimate of drug-likeness (QED) is 0.417. The van der Waals surface area contributed by atoms with Gasteiger partial charge >= 0.3 is 0 Å². The minimum Gasteiger partial charge on any atom is -0.303 e. The Morgan fingerprint density at radius 3 is 2.55 bits per heavy atom. The number of hydrogen-bond acceptors (Lipinski definition) is 1. The molecule has 62 valence electrons. The van der Waals surface area contributed by atoms with Gasteiger partial charge in [-0.25, -0.2) is 0 Å². The van der Waals surface area contributed by atoms with Gasteiger partial charge in [0.1, 0.15) is 6.29 Å². The Hall–Kier alpha value is -0.590. The third-order valence-electron chi connectivity index (χ3n) is 2.83. The molecular formula is C10H16O. The molecule has 1 heteroatoms. The molecule has 0 saturated heterocycles. The molecule has 0 fully saturated rings. The Morgan fingerprint density at radius 2 is 2.09 bits per heavy atom. The van der Waals surface area contributed by atoms with Gasteiger partial charge in [-0.2, -0.15) is 0 Å². The number of carbonyl (C=O) groups excluding carboxylic acids is 1. The highest BCUT2D eigenvalue weighted by Gasteiger charge is 2.21. The first-order chi connectivity index (χ1) is 5.15. The van der Waals surface area contributed by atoms with Crippen LogP contribution in [0.4, 0.5) is 0 Å². The Labute approximate surface area is 68.5 Å². The van der Waals surface area contributed by atoms with Crippen LogP contribution in [-0.4, -0.2) is 6.29 Å². The second kappa shape index (κ2) is 3.21. The average molecular weight is 152 g/mol. The molecule has 2 atom stereocenters. The Morgan fingerprint density at radius 1 is 1.45 bits per heavy atom. The summed E-state index contributed by atoms with van der Waals surface area (Å²) in [5.74, 6) is 0.896. The van der Waals surface area contributed by atoms with Crippen LogP contribution in [0, 0.1) is 11.8 Å². The summed E-state index contributed by atoms with van der Waals surface area (Å²) in [5.41, 5.74) is 2.91. The number of rotatable bonds is 1. The lowest BCUT2D eigenvalue weighted by Gasteiger charge is -2.25. The van der Waals surface area contributed by atoms with Crippen LogP contribution in [-0.2, 0) is 4.79 Å². The van der Waals surface area contributed by atoms with Gasteiger partial charge in [0.2, 0.25) is 0 Å². The fourth-order valence-corrected chi connectivity index (χ4v) is 1.79. The molecule has 0 bridgehead atoms. The van der Waals surface area contributed by atoms with E-state index in [0.717, 1.165) is 19.1 Å². The third-order valence-corrected chi connectivity index (χ3v) is 2.83. The summed E-state index contributed by atoms with van der Waals surface area (Å²) in [6.07, 6.45) is 3.14. The summed E-state index contributed by atoms with van der Waals surface area (Å²) in [6, 6.07) is 0. The van der Waals surface area contributed by atoms with Crippen LogP contribution >= 0.6 is 0 Å². The van der Waals surface area contributed by atoms with E-state index >= 15 is 0 Å². The van der Waals surface area contributed by atoms with E-state index in [0.29, 0.717) is 5.92 Å². The highest BCUT2D eigenvalue weighted by atomic mass is 16.1. The number of allylic oxidation sites excluding steroid dienone is 2. The molecule has 0 radical (unpaired) electrons. The van der Waals surface area contributed by atoms with Crippen molar-refractivity contribution in [1.29, 1.82) is 0 Å². The zero-order valence-electron chi connectivity index (χ0n) is 7.55. The molecule has 1 aliphatic carbocycles. The molecule has 11 heavy (non-hydrogen) atoms. The first-order valence-corrected chi connectivity index (χ1v) is 4.26. The van der Waals surface area contributed by atoms with Crippen molar-refractivity contribution in [2.24, 2.45) is 11.8 Å². The smallest absolute Gasteiger partial charge is 0.123 e. The van der Waals surface area contributed by atoms with Gasteiger partial charge in [0.05, 0.1) is 0 Å². The Kier molecular flexibility index (Phi) is 2.48. The molecule has 2 unspecified atom stereocenters. The van der Waals surface area contributed by atoms with Crippen LogP contribution in [0.2, 0.25) is 0 Å². The van der Waals surface area contributed by atoms with Crippen LogP contribution in [0.15, 0.2) is 11.1 Å². The third kappa shape index (κ3) is 1.70. The van der Waals surface area contributed by atoms with Crippen molar-refractivity contribution in [2.75, 3.05) is 0 Å². The van der Waals surface area contributed by atoms with Gasteiger partial charge in [0, 0.05) is 5.92 Å². The second-order valence-electron chi connectivity index (χ2n) is 3.70. The standard InChI is InChI=1S/C10H16O/c1-7-4-10(6-11)5-8(2)9(7)3/h6-7,10H,4-5H2,1-3H3. The van der Waals surface area contributed by atoms with Crippen molar-refractivity contribution in [3.05, 3.63) is 11.1 Å². The van der Waals surface area contributed by atoms with E-state index in [2.05, 4.69) is 20.8 Å². The molecule has 1 nitrogen and oxygen atoms in total. The van der Waals surface area contributed by atoms with E-state index in [1.54, 1.807) is 0 Å². The van der Waals surface area contributed by atoms with Crippen LogP contribution in [0.5, 0.6) is 0 Å². The van der Waals surface area contributed by atoms with Gasteiger partial charge < -0.3 is 4.79 Å². The average Bonchev–Trinajstić information content (AvgIpc) is 1.99. The zero-order valence-corrected chi connectivity index (χ0v) is 7.55. The molecule has 0 amide bonds. The van der Waals surface area contributed by atoms with Crippen molar-refractivity contribution in [2.45, 2.75) is 33.6 Å². The van der Waals surface area contributed by atoms with E-state index in [1.807, 2.05) is 0 Å². The summed E-state index contributed by atoms with van der Waals surface area (Å²) in [5, 5.41) is 0. The number of carbonyl (C=O) groups is 1. The van der Waals surface area contributed by atoms with Crippen LogP contribution in [0.3, 0.4) is 0 Å². The fourth-order valence-electron chi connectivity index (χ4n) is 1.79. The lowest BCUT2D eigenvalue weighted by Crippen LogP contribution is -2.16. The van der Waals surface area contributed by atoms with Crippen molar-refractivity contribution in [3.63, 3.8) is 0 Å². The maximum absolute atomic E-state index is 10.5. The molecule has 1 rings (SSSR count). The van der Waals surface area contributed by atoms with E-state index in [1.165, 1.54) is 11.1 Å². The lowest BCUT2D eigenvalue weighted by atomic mass is 9.79. The van der Waals surface area contributed by atoms with Gasteiger partial charge in [0.25, 0.3) is 0 Å². The van der Waals surface area contributed by atoms with E-state index in [9.17, 15) is 4.79 Å². The summed E-state index contributed by atoms with van der Waals surface area (Å²) in [6.45, 7) is 6.52. The number of aldehydes is 1. The molecule has 0 aromatic carbocycles. The van der Waals surface area contributed by atoms with Crippen LogP contribution < -0.4 is 0 Å². The number of hydrogen-bond donors (Lipinski definition) is 0. The molecule has 0 saturated carbocycles. The van der Waals surface area contributed by atoms with Crippen molar-refractivity contribution < 1.29 is 4.79 Å². The van der Waals surface area contributed by atoms with Crippen molar-refractivity contribution >= 4 is 6.29 Å². The minimum atomic E-state index is 0.286. The van der Waals surface area contributed by atoms with E-state index < -0.39 is 0 Å². The zero-order chi connectivity index (χ0) is 8.43.